The first kappa shape index (κ1) is 11.5. The third-order valence-electron chi connectivity index (χ3n) is 3.60. The number of benzene rings is 1. The summed E-state index contributed by atoms with van der Waals surface area (Å²) in [5.74, 6) is 0.847. The van der Waals surface area contributed by atoms with Crippen LogP contribution in [0.5, 0.6) is 5.75 Å². The van der Waals surface area contributed by atoms with Gasteiger partial charge in [-0.1, -0.05) is 45.7 Å². The molecule has 1 radical (unpaired) electrons. The van der Waals surface area contributed by atoms with E-state index in [4.69, 9.17) is 0 Å². The summed E-state index contributed by atoms with van der Waals surface area (Å²) in [5, 5.41) is 12.0. The summed E-state index contributed by atoms with van der Waals surface area (Å²) in [6, 6.07) is 5.79. The molecule has 0 spiro atoms. The number of rotatable bonds is 1. The van der Waals surface area contributed by atoms with E-state index in [0.717, 1.165) is 5.56 Å². The summed E-state index contributed by atoms with van der Waals surface area (Å²) in [4.78, 5) is 0. The highest BCUT2D eigenvalue weighted by atomic mass is 16.3. The second kappa shape index (κ2) is 4.12. The number of hydrogen-bond donors (Lipinski definition) is 0. The topological polar surface area (TPSA) is 19.9 Å². The lowest BCUT2D eigenvalue weighted by Crippen LogP contribution is -2.15. The van der Waals surface area contributed by atoms with Gasteiger partial charge < -0.3 is 0 Å². The first-order chi connectivity index (χ1) is 7.50. The Morgan fingerprint density at radius 3 is 2.31 bits per heavy atom. The van der Waals surface area contributed by atoms with Crippen LogP contribution < -0.4 is 0 Å². The molecule has 87 valence electrons. The van der Waals surface area contributed by atoms with Gasteiger partial charge >= 0.3 is 0 Å². The normalized spacial score (nSPS) is 17.9. The lowest BCUT2D eigenvalue weighted by Gasteiger charge is -2.25. The lowest BCUT2D eigenvalue weighted by molar-refractivity contribution is 0.339. The first-order valence-corrected chi connectivity index (χ1v) is 6.30. The van der Waals surface area contributed by atoms with Crippen molar-refractivity contribution in [2.75, 3.05) is 0 Å². The third-order valence-corrected chi connectivity index (χ3v) is 3.60. The van der Waals surface area contributed by atoms with Crippen LogP contribution in [0.1, 0.15) is 63.5 Å². The second-order valence-electron chi connectivity index (χ2n) is 5.95. The summed E-state index contributed by atoms with van der Waals surface area (Å²) in [7, 11) is 0. The van der Waals surface area contributed by atoms with Gasteiger partial charge in [-0.3, -0.25) is 5.11 Å². The van der Waals surface area contributed by atoms with E-state index in [-0.39, 0.29) is 11.2 Å². The summed E-state index contributed by atoms with van der Waals surface area (Å²) < 4.78 is 0. The van der Waals surface area contributed by atoms with Crippen molar-refractivity contribution >= 4 is 0 Å². The molecule has 0 unspecified atom stereocenters. The highest BCUT2D eigenvalue weighted by molar-refractivity contribution is 5.45. The summed E-state index contributed by atoms with van der Waals surface area (Å²) in [5.41, 5.74) is 2.33. The zero-order chi connectivity index (χ0) is 11.8. The monoisotopic (exact) mass is 217 g/mol. The van der Waals surface area contributed by atoms with Crippen LogP contribution in [0.15, 0.2) is 18.2 Å². The zero-order valence-electron chi connectivity index (χ0n) is 10.5. The molecule has 1 aromatic carbocycles. The summed E-state index contributed by atoms with van der Waals surface area (Å²) in [6.45, 7) is 6.42. The van der Waals surface area contributed by atoms with Crippen molar-refractivity contribution in [1.82, 2.24) is 0 Å². The van der Waals surface area contributed by atoms with Gasteiger partial charge in [0.15, 0.2) is 5.75 Å². The Balaban J connectivity index is 2.47. The highest BCUT2D eigenvalue weighted by Gasteiger charge is 2.28. The van der Waals surface area contributed by atoms with Gasteiger partial charge in [0.05, 0.1) is 0 Å². The van der Waals surface area contributed by atoms with E-state index in [1.807, 2.05) is 6.07 Å². The molecule has 0 aromatic heterocycles. The average molecular weight is 217 g/mol. The molecule has 0 N–H and O–H groups in total. The maximum absolute atomic E-state index is 12.0. The quantitative estimate of drug-likeness (QED) is 0.645. The Morgan fingerprint density at radius 1 is 1.12 bits per heavy atom. The molecule has 1 nitrogen and oxygen atoms in total. The molecule has 0 aliphatic heterocycles. The van der Waals surface area contributed by atoms with Gasteiger partial charge in [0.25, 0.3) is 0 Å². The molecule has 16 heavy (non-hydrogen) atoms. The largest absolute Gasteiger partial charge is 0.290 e. The van der Waals surface area contributed by atoms with Crippen molar-refractivity contribution in [1.29, 1.82) is 0 Å². The smallest absolute Gasteiger partial charge is 0.182 e. The molecule has 1 saturated carbocycles. The van der Waals surface area contributed by atoms with Crippen LogP contribution in [0.2, 0.25) is 0 Å². The average Bonchev–Trinajstić information content (AvgIpc) is 2.67. The Morgan fingerprint density at radius 2 is 1.75 bits per heavy atom. The Bertz CT molecular complexity index is 368. The maximum atomic E-state index is 12.0. The minimum atomic E-state index is -0.0315. The van der Waals surface area contributed by atoms with Gasteiger partial charge in [-0.05, 0) is 35.8 Å². The molecule has 0 heterocycles. The van der Waals surface area contributed by atoms with Crippen LogP contribution in [0.3, 0.4) is 0 Å². The Labute approximate surface area is 98.5 Å². The van der Waals surface area contributed by atoms with E-state index in [1.165, 1.54) is 31.2 Å². The molecule has 0 atom stereocenters. The van der Waals surface area contributed by atoms with Crippen LogP contribution >= 0.6 is 0 Å². The molecule has 0 amide bonds. The van der Waals surface area contributed by atoms with E-state index >= 15 is 0 Å². The Hall–Kier alpha value is -0.980. The second-order valence-corrected chi connectivity index (χ2v) is 5.95. The van der Waals surface area contributed by atoms with Crippen LogP contribution in [-0.4, -0.2) is 0 Å². The fraction of sp³-hybridized carbons (Fsp3) is 0.600. The van der Waals surface area contributed by atoms with Crippen molar-refractivity contribution in [2.24, 2.45) is 0 Å². The van der Waals surface area contributed by atoms with Crippen LogP contribution in [0, 0.1) is 0 Å². The van der Waals surface area contributed by atoms with Gasteiger partial charge in [0.1, 0.15) is 0 Å². The molecule has 2 rings (SSSR count). The molecule has 1 fully saturated rings. The molecular formula is C15H21O. The fourth-order valence-corrected chi connectivity index (χ4v) is 2.93. The highest BCUT2D eigenvalue weighted by Crippen LogP contribution is 2.42. The maximum Gasteiger partial charge on any atom is 0.182 e. The standard InChI is InChI=1S/C15H21O/c1-15(2,3)14-12(9-6-10-13(14)16)11-7-4-5-8-11/h6,9-11H,4-5,7-8H2,1-3H3. The van der Waals surface area contributed by atoms with Crippen LogP contribution in [0.25, 0.3) is 0 Å². The zero-order valence-corrected chi connectivity index (χ0v) is 10.5. The van der Waals surface area contributed by atoms with Crippen LogP contribution in [0.4, 0.5) is 0 Å². The molecule has 1 heteroatoms. The SMILES string of the molecule is CC(C)(C)c1c([O])cccc1C1CCCC1. The molecule has 1 aromatic rings. The predicted molar refractivity (Wildman–Crippen MR) is 66.5 cm³/mol. The minimum Gasteiger partial charge on any atom is -0.290 e. The van der Waals surface area contributed by atoms with Crippen molar-refractivity contribution in [3.8, 4) is 5.75 Å². The molecule has 1 aliphatic carbocycles. The van der Waals surface area contributed by atoms with Crippen molar-refractivity contribution in [3.05, 3.63) is 29.3 Å². The predicted octanol–water partition coefficient (Wildman–Crippen LogP) is 4.79. The van der Waals surface area contributed by atoms with E-state index in [0.29, 0.717) is 5.92 Å². The molecule has 1 aliphatic rings. The Kier molecular flexibility index (Phi) is 2.96. The molecule has 0 bridgehead atoms. The van der Waals surface area contributed by atoms with Crippen molar-refractivity contribution in [2.45, 2.75) is 57.8 Å². The van der Waals surface area contributed by atoms with Gasteiger partial charge in [-0.15, -0.1) is 0 Å². The lowest BCUT2D eigenvalue weighted by atomic mass is 9.79. The fourth-order valence-electron chi connectivity index (χ4n) is 2.93. The van der Waals surface area contributed by atoms with Crippen molar-refractivity contribution in [3.63, 3.8) is 0 Å². The van der Waals surface area contributed by atoms with E-state index < -0.39 is 0 Å². The van der Waals surface area contributed by atoms with Gasteiger partial charge in [0.2, 0.25) is 0 Å². The summed E-state index contributed by atoms with van der Waals surface area (Å²) >= 11 is 0. The van der Waals surface area contributed by atoms with E-state index in [1.54, 1.807) is 6.07 Å². The first-order valence-electron chi connectivity index (χ1n) is 6.30. The summed E-state index contributed by atoms with van der Waals surface area (Å²) in [6.07, 6.45) is 5.15. The molecular weight excluding hydrogens is 196 g/mol. The van der Waals surface area contributed by atoms with Crippen molar-refractivity contribution < 1.29 is 5.11 Å². The minimum absolute atomic E-state index is 0.0315. The van der Waals surface area contributed by atoms with Gasteiger partial charge in [-0.2, -0.15) is 0 Å². The van der Waals surface area contributed by atoms with Crippen LogP contribution in [-0.2, 0) is 10.5 Å². The van der Waals surface area contributed by atoms with Gasteiger partial charge in [-0.25, -0.2) is 0 Å². The van der Waals surface area contributed by atoms with E-state index in [9.17, 15) is 5.11 Å². The third kappa shape index (κ3) is 2.09. The van der Waals surface area contributed by atoms with Gasteiger partial charge in [0, 0.05) is 5.56 Å². The molecule has 0 saturated heterocycles. The number of hydrogen-bond acceptors (Lipinski definition) is 0. The van der Waals surface area contributed by atoms with E-state index in [2.05, 4.69) is 26.8 Å².